The van der Waals surface area contributed by atoms with Gasteiger partial charge in [0.2, 0.25) is 5.91 Å². The second-order valence-corrected chi connectivity index (χ2v) is 8.97. The molecular weight excluding hydrogens is 386 g/mol. The number of nitrogens with two attached hydrogens (primary N) is 1. The highest BCUT2D eigenvalue weighted by molar-refractivity contribution is 7.14. The van der Waals surface area contributed by atoms with Crippen molar-refractivity contribution in [3.8, 4) is 0 Å². The Labute approximate surface area is 170 Å². The minimum Gasteiger partial charge on any atom is -0.372 e. The van der Waals surface area contributed by atoms with E-state index in [0.717, 1.165) is 43.9 Å². The van der Waals surface area contributed by atoms with E-state index in [9.17, 15) is 9.59 Å². The van der Waals surface area contributed by atoms with E-state index in [1.807, 2.05) is 24.1 Å². The summed E-state index contributed by atoms with van der Waals surface area (Å²) in [5.74, 6) is 0.618. The molecule has 1 aliphatic carbocycles. The highest BCUT2D eigenvalue weighted by Gasteiger charge is 2.55. The third kappa shape index (κ3) is 3.28. The molecule has 2 saturated heterocycles. The number of halogens is 1. The van der Waals surface area contributed by atoms with Crippen molar-refractivity contribution in [1.29, 1.82) is 0 Å². The first kappa shape index (κ1) is 20.6. The second kappa shape index (κ2) is 7.70. The number of hydrogen-bond acceptors (Lipinski definition) is 5. The van der Waals surface area contributed by atoms with E-state index < -0.39 is 0 Å². The molecule has 3 heterocycles. The molecule has 2 atom stereocenters. The summed E-state index contributed by atoms with van der Waals surface area (Å²) in [6.45, 7) is 5.32. The normalized spacial score (nSPS) is 31.1. The Morgan fingerprint density at radius 1 is 1.19 bits per heavy atom. The predicted octanol–water partition coefficient (Wildman–Crippen LogP) is 2.07. The zero-order chi connectivity index (χ0) is 18.5. The smallest absolute Gasteiger partial charge is 0.258 e. The van der Waals surface area contributed by atoms with Gasteiger partial charge in [-0.25, -0.2) is 0 Å². The zero-order valence-corrected chi connectivity index (χ0v) is 17.5. The fourth-order valence-corrected chi connectivity index (χ4v) is 6.41. The Hall–Kier alpha value is -1.15. The molecule has 1 aromatic rings. The fraction of sp³-hybridized carbons (Fsp3) is 0.684. The molecule has 8 heteroatoms. The number of carbonyl (C=O) groups excluding carboxylic acids is 2. The van der Waals surface area contributed by atoms with Crippen LogP contribution in [0.4, 0.5) is 0 Å². The van der Waals surface area contributed by atoms with Crippen molar-refractivity contribution in [2.75, 3.05) is 33.3 Å². The van der Waals surface area contributed by atoms with Crippen molar-refractivity contribution in [2.45, 2.75) is 37.8 Å². The third-order valence-corrected chi connectivity index (χ3v) is 7.86. The van der Waals surface area contributed by atoms with Crippen molar-refractivity contribution in [2.24, 2.45) is 17.6 Å². The molecule has 27 heavy (non-hydrogen) atoms. The molecule has 2 aliphatic heterocycles. The van der Waals surface area contributed by atoms with Gasteiger partial charge >= 0.3 is 0 Å². The zero-order valence-electron chi connectivity index (χ0n) is 15.8. The molecule has 4 rings (SSSR count). The van der Waals surface area contributed by atoms with Gasteiger partial charge in [-0.2, -0.15) is 0 Å². The van der Waals surface area contributed by atoms with Gasteiger partial charge in [-0.1, -0.05) is 6.42 Å². The average molecular weight is 414 g/mol. The summed E-state index contributed by atoms with van der Waals surface area (Å²) < 4.78 is 6.23. The van der Waals surface area contributed by atoms with Gasteiger partial charge < -0.3 is 15.4 Å². The SMILES string of the molecule is COC1(c2ccc(C(N)=O)s2)C2CCCC1CN(C1CN(C(C)=O)C1)C2.Cl. The number of hydrogen-bond donors (Lipinski definition) is 1. The van der Waals surface area contributed by atoms with Gasteiger partial charge in [-0.15, -0.1) is 23.7 Å². The predicted molar refractivity (Wildman–Crippen MR) is 107 cm³/mol. The van der Waals surface area contributed by atoms with E-state index in [2.05, 4.69) is 4.90 Å². The van der Waals surface area contributed by atoms with Crippen molar-refractivity contribution in [3.63, 3.8) is 0 Å². The van der Waals surface area contributed by atoms with E-state index in [0.29, 0.717) is 22.8 Å². The van der Waals surface area contributed by atoms with Crippen LogP contribution in [-0.4, -0.2) is 60.9 Å². The highest BCUT2D eigenvalue weighted by Crippen LogP contribution is 2.53. The van der Waals surface area contributed by atoms with Gasteiger partial charge in [0.05, 0.1) is 4.88 Å². The largest absolute Gasteiger partial charge is 0.372 e. The number of nitrogens with zero attached hydrogens (tertiary/aromatic N) is 2. The lowest BCUT2D eigenvalue weighted by atomic mass is 9.64. The van der Waals surface area contributed by atoms with Gasteiger partial charge in [0.15, 0.2) is 0 Å². The van der Waals surface area contributed by atoms with E-state index in [1.54, 1.807) is 6.92 Å². The lowest BCUT2D eigenvalue weighted by molar-refractivity contribution is -0.180. The van der Waals surface area contributed by atoms with Crippen LogP contribution in [0.2, 0.25) is 0 Å². The molecule has 3 aliphatic rings. The molecule has 0 radical (unpaired) electrons. The lowest BCUT2D eigenvalue weighted by Crippen LogP contribution is -2.67. The molecule has 6 nitrogen and oxygen atoms in total. The van der Waals surface area contributed by atoms with Crippen LogP contribution in [-0.2, 0) is 15.1 Å². The molecule has 1 aromatic heterocycles. The number of likely N-dealkylation sites (tertiary alicyclic amines) is 2. The average Bonchev–Trinajstić information content (AvgIpc) is 3.02. The summed E-state index contributed by atoms with van der Waals surface area (Å²) in [6.07, 6.45) is 3.49. The summed E-state index contributed by atoms with van der Waals surface area (Å²) in [6, 6.07) is 4.35. The van der Waals surface area contributed by atoms with E-state index >= 15 is 0 Å². The van der Waals surface area contributed by atoms with Crippen molar-refractivity contribution >= 4 is 35.6 Å². The molecule has 2 bridgehead atoms. The van der Waals surface area contributed by atoms with Crippen molar-refractivity contribution < 1.29 is 14.3 Å². The number of rotatable bonds is 4. The summed E-state index contributed by atoms with van der Waals surface area (Å²) in [5, 5.41) is 0. The number of carbonyl (C=O) groups is 2. The standard InChI is InChI=1S/C19H27N3O3S.ClH/c1-12(23)21-10-15(11-21)22-8-13-4-3-5-14(9-22)19(13,25-2)17-7-6-16(26-17)18(20)24;/h6-7,13-15H,3-5,8-11H2,1-2H3,(H2,20,24);1H. The van der Waals surface area contributed by atoms with Crippen LogP contribution >= 0.6 is 23.7 Å². The van der Waals surface area contributed by atoms with Crippen LogP contribution in [0.1, 0.15) is 40.7 Å². The van der Waals surface area contributed by atoms with Gasteiger partial charge in [-0.3, -0.25) is 14.5 Å². The highest BCUT2D eigenvalue weighted by atomic mass is 35.5. The van der Waals surface area contributed by atoms with Crippen LogP contribution in [0, 0.1) is 11.8 Å². The maximum Gasteiger partial charge on any atom is 0.258 e. The number of thiophene rings is 1. The lowest BCUT2D eigenvalue weighted by Gasteiger charge is -2.58. The number of fused-ring (bicyclic) bond motifs is 2. The maximum absolute atomic E-state index is 11.6. The first-order valence-electron chi connectivity index (χ1n) is 9.40. The number of primary amides is 1. The molecule has 2 N–H and O–H groups in total. The van der Waals surface area contributed by atoms with Crippen molar-refractivity contribution in [3.05, 3.63) is 21.9 Å². The summed E-state index contributed by atoms with van der Waals surface area (Å²) in [5.41, 5.74) is 5.16. The molecule has 1 saturated carbocycles. The molecular formula is C19H28ClN3O3S. The maximum atomic E-state index is 11.6. The van der Waals surface area contributed by atoms with Crippen LogP contribution in [0.3, 0.4) is 0 Å². The van der Waals surface area contributed by atoms with Gasteiger partial charge in [0.1, 0.15) is 5.60 Å². The number of ether oxygens (including phenoxy) is 1. The van der Waals surface area contributed by atoms with Crippen LogP contribution in [0.5, 0.6) is 0 Å². The second-order valence-electron chi connectivity index (χ2n) is 7.88. The van der Waals surface area contributed by atoms with Gasteiger partial charge in [0, 0.05) is 63.0 Å². The van der Waals surface area contributed by atoms with Crippen LogP contribution < -0.4 is 5.73 Å². The Kier molecular flexibility index (Phi) is 5.87. The number of piperidine rings is 1. The molecule has 3 fully saturated rings. The Bertz CT molecular complexity index is 705. The van der Waals surface area contributed by atoms with E-state index in [-0.39, 0.29) is 29.8 Å². The summed E-state index contributed by atoms with van der Waals surface area (Å²) in [7, 11) is 1.81. The topological polar surface area (TPSA) is 75.9 Å². The van der Waals surface area contributed by atoms with E-state index in [1.165, 1.54) is 17.8 Å². The molecule has 0 spiro atoms. The number of methoxy groups -OCH3 is 1. The third-order valence-electron chi connectivity index (χ3n) is 6.62. The molecule has 2 unspecified atom stereocenters. The summed E-state index contributed by atoms with van der Waals surface area (Å²) in [4.78, 5) is 29.3. The van der Waals surface area contributed by atoms with Gasteiger partial charge in [-0.05, 0) is 25.0 Å². The Morgan fingerprint density at radius 2 is 1.81 bits per heavy atom. The quantitative estimate of drug-likeness (QED) is 0.819. The number of amides is 2. The van der Waals surface area contributed by atoms with Crippen LogP contribution in [0.25, 0.3) is 0 Å². The fourth-order valence-electron chi connectivity index (χ4n) is 5.23. The first-order valence-corrected chi connectivity index (χ1v) is 10.2. The van der Waals surface area contributed by atoms with Crippen molar-refractivity contribution in [1.82, 2.24) is 9.80 Å². The summed E-state index contributed by atoms with van der Waals surface area (Å²) >= 11 is 1.49. The Morgan fingerprint density at radius 3 is 2.30 bits per heavy atom. The molecule has 2 amide bonds. The Balaban J connectivity index is 0.00000210. The van der Waals surface area contributed by atoms with Gasteiger partial charge in [0.25, 0.3) is 5.91 Å². The van der Waals surface area contributed by atoms with E-state index in [4.69, 9.17) is 10.5 Å². The molecule has 150 valence electrons. The first-order chi connectivity index (χ1) is 12.5. The monoisotopic (exact) mass is 413 g/mol. The van der Waals surface area contributed by atoms with Crippen LogP contribution in [0.15, 0.2) is 12.1 Å². The minimum atomic E-state index is -0.367. The minimum absolute atomic E-state index is 0. The molecule has 0 aromatic carbocycles.